The van der Waals surface area contributed by atoms with Crippen LogP contribution < -0.4 is 10.6 Å². The normalized spacial score (nSPS) is 44.8. The van der Waals surface area contributed by atoms with Gasteiger partial charge in [0.05, 0.1) is 12.1 Å². The molecule has 2 saturated heterocycles. The van der Waals surface area contributed by atoms with Crippen LogP contribution in [0.2, 0.25) is 0 Å². The Morgan fingerprint density at radius 3 is 2.57 bits per heavy atom. The topological polar surface area (TPSA) is 162 Å². The number of Topliss-reactive ketones (excluding diaryl/α,β-unsaturated/α-hetero) is 2. The number of carbonyl (C=O) groups excluding carboxylic acids is 3. The molecule has 0 aromatic heterocycles. The first kappa shape index (κ1) is 32.0. The molecule has 244 valence electrons. The van der Waals surface area contributed by atoms with Crippen molar-refractivity contribution >= 4 is 35.3 Å². The molecule has 0 spiro atoms. The lowest BCUT2D eigenvalue weighted by Crippen LogP contribution is -2.57. The van der Waals surface area contributed by atoms with Crippen LogP contribution in [-0.2, 0) is 19.1 Å². The summed E-state index contributed by atoms with van der Waals surface area (Å²) in [6.07, 6.45) is 8.93. The highest BCUT2D eigenvalue weighted by molar-refractivity contribution is 8.00. The minimum absolute atomic E-state index is 0.0329. The molecule has 6 rings (SSSR count). The Kier molecular flexibility index (Phi) is 8.28. The number of amides is 2. The van der Waals surface area contributed by atoms with Gasteiger partial charge in [-0.15, -0.1) is 0 Å². The number of allylic oxidation sites excluding steroid dienone is 1. The average molecular weight is 633 g/mol. The molecule has 0 bridgehead atoms. The molecule has 4 aliphatic carbocycles. The molecule has 11 heteroatoms. The average Bonchev–Trinajstić information content (AvgIpc) is 3.61. The highest BCUT2D eigenvalue weighted by Crippen LogP contribution is 2.67. The molecule has 44 heavy (non-hydrogen) atoms. The number of carboxylic acids is 1. The predicted molar refractivity (Wildman–Crippen MR) is 164 cm³/mol. The number of rotatable bonds is 10. The number of nitrogens with one attached hydrogen (secondary N) is 2. The molecule has 10 nitrogen and oxygen atoms in total. The van der Waals surface area contributed by atoms with Crippen molar-refractivity contribution in [1.82, 2.24) is 10.6 Å². The molecule has 2 aliphatic heterocycles. The lowest BCUT2D eigenvalue weighted by molar-refractivity contribution is -0.225. The maximum atomic E-state index is 13.0. The van der Waals surface area contributed by atoms with Gasteiger partial charge in [-0.05, 0) is 81.5 Å². The van der Waals surface area contributed by atoms with E-state index in [1.54, 1.807) is 11.8 Å². The molecule has 5 N–H and O–H groups in total. The third-order valence-corrected chi connectivity index (χ3v) is 14.5. The Morgan fingerprint density at radius 1 is 1.09 bits per heavy atom. The van der Waals surface area contributed by atoms with Crippen LogP contribution in [0.5, 0.6) is 0 Å². The predicted octanol–water partition coefficient (Wildman–Crippen LogP) is 3.58. The van der Waals surface area contributed by atoms with Crippen LogP contribution in [0.25, 0.3) is 0 Å². The van der Waals surface area contributed by atoms with Gasteiger partial charge in [-0.25, -0.2) is 4.79 Å². The van der Waals surface area contributed by atoms with Crippen LogP contribution in [0.3, 0.4) is 0 Å². The zero-order valence-electron chi connectivity index (χ0n) is 26.1. The number of aliphatic carboxylic acids is 1. The smallest absolute Gasteiger partial charge is 0.315 e. The number of fused-ring (bicyclic) bond motifs is 6. The Balaban J connectivity index is 1.05. The number of hydrogen-bond acceptors (Lipinski definition) is 8. The van der Waals surface area contributed by atoms with E-state index in [0.717, 1.165) is 37.0 Å². The number of urea groups is 1. The summed E-state index contributed by atoms with van der Waals surface area (Å²) in [5, 5.41) is 38.7. The van der Waals surface area contributed by atoms with Crippen LogP contribution in [0, 0.1) is 34.5 Å². The van der Waals surface area contributed by atoms with E-state index in [2.05, 4.69) is 30.6 Å². The molecular weight excluding hydrogens is 584 g/mol. The Labute approximate surface area is 263 Å². The van der Waals surface area contributed by atoms with E-state index in [9.17, 15) is 34.5 Å². The fourth-order valence-electron chi connectivity index (χ4n) is 10.2. The van der Waals surface area contributed by atoms with Gasteiger partial charge in [-0.3, -0.25) is 14.4 Å². The number of carbonyl (C=O) groups is 4. The number of hydrogen-bond donors (Lipinski definition) is 5. The summed E-state index contributed by atoms with van der Waals surface area (Å²) in [5.41, 5.74) is -0.656. The van der Waals surface area contributed by atoms with Crippen LogP contribution >= 0.6 is 11.8 Å². The Morgan fingerprint density at radius 2 is 1.84 bits per heavy atom. The summed E-state index contributed by atoms with van der Waals surface area (Å²) in [6, 6.07) is -0.0342. The van der Waals surface area contributed by atoms with E-state index in [1.807, 2.05) is 0 Å². The van der Waals surface area contributed by atoms with Gasteiger partial charge in [0.2, 0.25) is 0 Å². The van der Waals surface area contributed by atoms with Crippen LogP contribution in [0.15, 0.2) is 11.6 Å². The lowest BCUT2D eigenvalue weighted by Gasteiger charge is -2.59. The summed E-state index contributed by atoms with van der Waals surface area (Å²) in [4.78, 5) is 49.2. The van der Waals surface area contributed by atoms with Gasteiger partial charge in [-0.1, -0.05) is 31.9 Å². The van der Waals surface area contributed by atoms with Gasteiger partial charge in [0.25, 0.3) is 0 Å². The van der Waals surface area contributed by atoms with E-state index < -0.39 is 41.1 Å². The fourth-order valence-corrected chi connectivity index (χ4v) is 11.8. The largest absolute Gasteiger partial charge is 0.481 e. The zero-order valence-corrected chi connectivity index (χ0v) is 26.9. The quantitative estimate of drug-likeness (QED) is 0.105. The van der Waals surface area contributed by atoms with Crippen LogP contribution in [0.4, 0.5) is 4.79 Å². The summed E-state index contributed by atoms with van der Waals surface area (Å²) in [5.74, 6) is -2.70. The molecule has 0 radical (unpaired) electrons. The van der Waals surface area contributed by atoms with Gasteiger partial charge in [0.15, 0.2) is 17.4 Å². The van der Waals surface area contributed by atoms with Crippen molar-refractivity contribution in [2.75, 3.05) is 12.4 Å². The minimum atomic E-state index is -1.52. The van der Waals surface area contributed by atoms with Gasteiger partial charge in [0, 0.05) is 29.3 Å². The summed E-state index contributed by atoms with van der Waals surface area (Å²) >= 11 is 1.76. The van der Waals surface area contributed by atoms with Crippen LogP contribution in [-0.4, -0.2) is 80.0 Å². The van der Waals surface area contributed by atoms with Crippen molar-refractivity contribution in [3.05, 3.63) is 11.6 Å². The molecule has 0 aromatic carbocycles. The van der Waals surface area contributed by atoms with E-state index in [4.69, 9.17) is 4.74 Å². The monoisotopic (exact) mass is 632 g/mol. The Bertz CT molecular complexity index is 1260. The van der Waals surface area contributed by atoms with Crippen molar-refractivity contribution in [1.29, 1.82) is 0 Å². The maximum absolute atomic E-state index is 13.0. The fraction of sp³-hybridized carbons (Fsp3) is 0.818. The molecule has 11 atom stereocenters. The summed E-state index contributed by atoms with van der Waals surface area (Å²) < 4.78 is 5.85. The van der Waals surface area contributed by atoms with E-state index in [1.165, 1.54) is 6.92 Å². The molecular formula is C33H48N2O8S. The molecule has 5 unspecified atom stereocenters. The first-order valence-corrected chi connectivity index (χ1v) is 17.5. The van der Waals surface area contributed by atoms with Crippen molar-refractivity contribution in [3.8, 4) is 0 Å². The second-order valence-electron chi connectivity index (χ2n) is 15.0. The number of aliphatic hydroxyl groups is 2. The number of carboxylic acid groups (broad SMARTS) is 1. The zero-order chi connectivity index (χ0) is 31.7. The van der Waals surface area contributed by atoms with Gasteiger partial charge >= 0.3 is 12.0 Å². The highest BCUT2D eigenvalue weighted by atomic mass is 32.2. The lowest BCUT2D eigenvalue weighted by atomic mass is 9.46. The second-order valence-corrected chi connectivity index (χ2v) is 16.3. The molecule has 0 aromatic rings. The van der Waals surface area contributed by atoms with Crippen molar-refractivity contribution in [2.45, 2.75) is 120 Å². The van der Waals surface area contributed by atoms with Gasteiger partial charge in [0.1, 0.15) is 18.1 Å². The summed E-state index contributed by atoms with van der Waals surface area (Å²) in [6.45, 7) is 5.45. The molecule has 5 fully saturated rings. The van der Waals surface area contributed by atoms with Gasteiger partial charge in [-0.2, -0.15) is 11.8 Å². The van der Waals surface area contributed by atoms with Crippen LogP contribution in [0.1, 0.15) is 91.4 Å². The highest BCUT2D eigenvalue weighted by Gasteiger charge is 2.65. The molecule has 2 amide bonds. The molecule has 3 saturated carbocycles. The second kappa shape index (κ2) is 11.4. The molecule has 2 heterocycles. The van der Waals surface area contributed by atoms with E-state index in [0.29, 0.717) is 43.9 Å². The first-order valence-electron chi connectivity index (χ1n) is 16.4. The molecule has 6 aliphatic rings. The minimum Gasteiger partial charge on any atom is -0.481 e. The van der Waals surface area contributed by atoms with Gasteiger partial charge < -0.3 is 30.7 Å². The third kappa shape index (κ3) is 5.14. The van der Waals surface area contributed by atoms with E-state index >= 15 is 0 Å². The number of ether oxygens (including phenoxy) is 1. The maximum Gasteiger partial charge on any atom is 0.315 e. The van der Waals surface area contributed by atoms with Crippen molar-refractivity contribution < 1.29 is 39.2 Å². The van der Waals surface area contributed by atoms with Crippen molar-refractivity contribution in [2.24, 2.45) is 34.5 Å². The summed E-state index contributed by atoms with van der Waals surface area (Å²) in [7, 11) is 0. The standard InChI is InChI=1S/C33H48N2O8S/c1-18(36)33(42)12-10-23-20-8-7-19-15-32(41,14-13-30(19,2)22(20)9-11-31(23,33)3)43-16-25(37)21(28(38)39)5-4-6-26-27-24(17-44-26)34-29(40)35-27/h7,20-24,26-27,41-42H,4-6,8-17H2,1-3H3,(H,38,39)(H2,34,35,40)/t20?,21?,22?,23?,24-,26-,27-,30-,31-,32?,33-/m0/s1. The SMILES string of the molecule is CC(=O)[C@@]1(O)CCC2C3CC=C4CC(O)(OCC(=O)C(CCC[C@@H]5SC[C@@H]6NC(=O)N[C@@H]65)C(=O)O)CC[C@]4(C)C3CC[C@@]21C. The third-order valence-electron chi connectivity index (χ3n) is 13.0. The first-order chi connectivity index (χ1) is 20.7. The Hall–Kier alpha value is -1.95. The van der Waals surface area contributed by atoms with E-state index in [-0.39, 0.29) is 53.3 Å². The number of thioether (sulfide) groups is 1. The van der Waals surface area contributed by atoms with Crippen molar-refractivity contribution in [3.63, 3.8) is 0 Å². The number of ketones is 2.